The molecule has 3 nitrogen and oxygen atoms in total. The molecular weight excluding hydrogens is 482 g/mol. The Kier molecular flexibility index (Phi) is 7.45. The van der Waals surface area contributed by atoms with Crippen molar-refractivity contribution in [3.63, 3.8) is 0 Å². The fourth-order valence-electron chi connectivity index (χ4n) is 4.47. The molecule has 0 unspecified atom stereocenters. The third-order valence-electron chi connectivity index (χ3n) is 6.25. The minimum absolute atomic E-state index is 0.0761. The maximum atomic E-state index is 14.4. The number of ketones is 1. The number of hydrogen-bond donors (Lipinski definition) is 0. The van der Waals surface area contributed by atoms with Crippen molar-refractivity contribution in [2.24, 2.45) is 5.92 Å². The minimum Gasteiger partial charge on any atom is -0.454 e. The fraction of sp³-hybridized carbons (Fsp3) is 0.121. The van der Waals surface area contributed by atoms with Crippen molar-refractivity contribution in [3.05, 3.63) is 131 Å². The van der Waals surface area contributed by atoms with E-state index in [1.54, 1.807) is 60.7 Å². The van der Waals surface area contributed by atoms with E-state index in [0.717, 1.165) is 0 Å². The molecule has 38 heavy (non-hydrogen) atoms. The quantitative estimate of drug-likeness (QED) is 0.244. The molecule has 0 bridgehead atoms. The Morgan fingerprint density at radius 1 is 0.658 bits per heavy atom. The van der Waals surface area contributed by atoms with Gasteiger partial charge >= 0.3 is 0 Å². The van der Waals surface area contributed by atoms with E-state index in [1.165, 1.54) is 12.1 Å². The maximum Gasteiger partial charge on any atom is 0.185 e. The van der Waals surface area contributed by atoms with Crippen LogP contribution in [0.2, 0.25) is 0 Å². The molecule has 0 heterocycles. The molecule has 0 amide bonds. The number of rotatable bonds is 6. The molecule has 5 heteroatoms. The summed E-state index contributed by atoms with van der Waals surface area (Å²) >= 11 is 0. The van der Waals surface area contributed by atoms with E-state index in [0.29, 0.717) is 46.6 Å². The smallest absolute Gasteiger partial charge is 0.185 e. The second-order valence-electron chi connectivity index (χ2n) is 9.39. The Labute approximate surface area is 220 Å². The van der Waals surface area contributed by atoms with Crippen LogP contribution in [0, 0.1) is 17.6 Å². The number of halogens is 2. The molecule has 0 radical (unpaired) electrons. The molecule has 4 aromatic carbocycles. The zero-order chi connectivity index (χ0) is 26.5. The van der Waals surface area contributed by atoms with Crippen molar-refractivity contribution < 1.29 is 23.0 Å². The lowest BCUT2D eigenvalue weighted by atomic mass is 9.81. The summed E-state index contributed by atoms with van der Waals surface area (Å²) < 4.78 is 40.2. The van der Waals surface area contributed by atoms with Gasteiger partial charge in [-0.25, -0.2) is 8.78 Å². The van der Waals surface area contributed by atoms with Crippen molar-refractivity contribution in [2.75, 3.05) is 0 Å². The van der Waals surface area contributed by atoms with E-state index in [1.807, 2.05) is 36.4 Å². The van der Waals surface area contributed by atoms with Crippen LogP contribution in [-0.2, 0) is 4.79 Å². The van der Waals surface area contributed by atoms with Crippen LogP contribution >= 0.6 is 0 Å². The van der Waals surface area contributed by atoms with Gasteiger partial charge in [0.1, 0.15) is 11.5 Å². The highest BCUT2D eigenvalue weighted by Gasteiger charge is 2.25. The number of hydrogen-bond acceptors (Lipinski definition) is 3. The van der Waals surface area contributed by atoms with E-state index in [2.05, 4.69) is 6.92 Å². The molecule has 1 saturated carbocycles. The van der Waals surface area contributed by atoms with Gasteiger partial charge in [0.15, 0.2) is 28.9 Å². The first-order chi connectivity index (χ1) is 18.4. The van der Waals surface area contributed by atoms with Gasteiger partial charge in [0.2, 0.25) is 0 Å². The molecule has 1 aliphatic rings. The lowest BCUT2D eigenvalue weighted by Gasteiger charge is -2.23. The highest BCUT2D eigenvalue weighted by atomic mass is 19.1. The van der Waals surface area contributed by atoms with E-state index >= 15 is 0 Å². The van der Waals surface area contributed by atoms with Crippen molar-refractivity contribution in [3.8, 4) is 23.0 Å². The Balaban J connectivity index is 1.40. The number of Topliss-reactive ketones (excluding diaryl/α,β-unsaturated/α-hetero) is 1. The minimum atomic E-state index is -0.482. The van der Waals surface area contributed by atoms with Crippen LogP contribution in [0.1, 0.15) is 30.9 Å². The molecule has 1 fully saturated rings. The molecule has 4 aromatic rings. The van der Waals surface area contributed by atoms with E-state index in [9.17, 15) is 13.6 Å². The molecule has 5 rings (SSSR count). The number of carbonyl (C=O) groups excluding carboxylic acids is 1. The molecular formula is C33H26F2O3. The molecule has 0 N–H and O–H groups in total. The van der Waals surface area contributed by atoms with Crippen LogP contribution in [0.15, 0.2) is 108 Å². The number of carbonyl (C=O) groups is 1. The van der Waals surface area contributed by atoms with Crippen LogP contribution in [0.3, 0.4) is 0 Å². The summed E-state index contributed by atoms with van der Waals surface area (Å²) in [5.74, 6) is 0.427. The molecule has 0 saturated heterocycles. The van der Waals surface area contributed by atoms with Gasteiger partial charge < -0.3 is 9.47 Å². The largest absolute Gasteiger partial charge is 0.454 e. The molecule has 0 spiro atoms. The molecule has 190 valence electrons. The monoisotopic (exact) mass is 508 g/mol. The number of ether oxygens (including phenoxy) is 2. The highest BCUT2D eigenvalue weighted by molar-refractivity contribution is 6.14. The van der Waals surface area contributed by atoms with Gasteiger partial charge in [-0.05, 0) is 90.6 Å². The molecule has 0 aliphatic heterocycles. The average Bonchev–Trinajstić information content (AvgIpc) is 2.92. The number of para-hydroxylation sites is 2. The van der Waals surface area contributed by atoms with Gasteiger partial charge in [-0.2, -0.15) is 0 Å². The van der Waals surface area contributed by atoms with Crippen LogP contribution in [0.5, 0.6) is 23.0 Å². The molecule has 0 aromatic heterocycles. The average molecular weight is 509 g/mol. The highest BCUT2D eigenvalue weighted by Crippen LogP contribution is 2.34. The van der Waals surface area contributed by atoms with Gasteiger partial charge in [-0.15, -0.1) is 0 Å². The van der Waals surface area contributed by atoms with Gasteiger partial charge in [-0.1, -0.05) is 55.5 Å². The fourth-order valence-corrected chi connectivity index (χ4v) is 4.47. The van der Waals surface area contributed by atoms with Crippen LogP contribution in [-0.4, -0.2) is 5.78 Å². The summed E-state index contributed by atoms with van der Waals surface area (Å²) in [5.41, 5.74) is 2.62. The lowest BCUT2D eigenvalue weighted by molar-refractivity contribution is -0.113. The SMILES string of the molecule is CC1C/C(=C\c2ccc(F)c(Oc3ccccc3)c2)C(=O)/C(=C/c2ccc(F)c(Oc3ccccc3)c2)C1. The van der Waals surface area contributed by atoms with Crippen molar-refractivity contribution >= 4 is 17.9 Å². The maximum absolute atomic E-state index is 14.4. The standard InChI is InChI=1S/C33H26F2O3/c1-22-16-25(18-23-12-14-29(34)31(20-23)37-27-8-4-2-5-9-27)33(36)26(17-22)19-24-13-15-30(35)32(21-24)38-28-10-6-3-7-11-28/h2-15,18-22H,16-17H2,1H3/b25-18+,26-19+. The Hall–Kier alpha value is -4.51. The zero-order valence-corrected chi connectivity index (χ0v) is 20.9. The van der Waals surface area contributed by atoms with Crippen LogP contribution in [0.25, 0.3) is 12.2 Å². The topological polar surface area (TPSA) is 35.5 Å². The molecule has 0 atom stereocenters. The van der Waals surface area contributed by atoms with Crippen molar-refractivity contribution in [1.29, 1.82) is 0 Å². The summed E-state index contributed by atoms with van der Waals surface area (Å²) in [6.07, 6.45) is 4.79. The third-order valence-corrected chi connectivity index (χ3v) is 6.25. The summed E-state index contributed by atoms with van der Waals surface area (Å²) in [6, 6.07) is 27.1. The Morgan fingerprint density at radius 2 is 1.08 bits per heavy atom. The summed E-state index contributed by atoms with van der Waals surface area (Å²) in [5, 5.41) is 0. The normalized spacial score (nSPS) is 17.6. The van der Waals surface area contributed by atoms with Crippen molar-refractivity contribution in [1.82, 2.24) is 0 Å². The second kappa shape index (κ2) is 11.3. The van der Waals surface area contributed by atoms with Crippen molar-refractivity contribution in [2.45, 2.75) is 19.8 Å². The Bertz CT molecular complexity index is 1400. The summed E-state index contributed by atoms with van der Waals surface area (Å²) in [4.78, 5) is 13.4. The van der Waals surface area contributed by atoms with Gasteiger partial charge in [-0.3, -0.25) is 4.79 Å². The third kappa shape index (κ3) is 6.06. The summed E-state index contributed by atoms with van der Waals surface area (Å²) in [7, 11) is 0. The van der Waals surface area contributed by atoms with Gasteiger partial charge in [0, 0.05) is 11.1 Å². The van der Waals surface area contributed by atoms with Crippen LogP contribution in [0.4, 0.5) is 8.78 Å². The van der Waals surface area contributed by atoms with Gasteiger partial charge in [0.05, 0.1) is 0 Å². The predicted octanol–water partition coefficient (Wildman–Crippen LogP) is 9.02. The zero-order valence-electron chi connectivity index (χ0n) is 20.9. The lowest BCUT2D eigenvalue weighted by Crippen LogP contribution is -2.18. The Morgan fingerprint density at radius 3 is 1.50 bits per heavy atom. The van der Waals surface area contributed by atoms with Crippen LogP contribution < -0.4 is 9.47 Å². The predicted molar refractivity (Wildman–Crippen MR) is 145 cm³/mol. The van der Waals surface area contributed by atoms with E-state index in [-0.39, 0.29) is 23.2 Å². The van der Waals surface area contributed by atoms with E-state index in [4.69, 9.17) is 9.47 Å². The number of benzene rings is 4. The van der Waals surface area contributed by atoms with Gasteiger partial charge in [0.25, 0.3) is 0 Å². The number of allylic oxidation sites excluding steroid dienone is 2. The first kappa shape index (κ1) is 25.2. The first-order valence-electron chi connectivity index (χ1n) is 12.5. The second-order valence-corrected chi connectivity index (χ2v) is 9.39. The van der Waals surface area contributed by atoms with E-state index < -0.39 is 11.6 Å². The molecule has 1 aliphatic carbocycles. The summed E-state index contributed by atoms with van der Waals surface area (Å²) in [6.45, 7) is 2.08. The first-order valence-corrected chi connectivity index (χ1v) is 12.5.